The number of benzene rings is 2. The summed E-state index contributed by atoms with van der Waals surface area (Å²) >= 11 is 3.31. The summed E-state index contributed by atoms with van der Waals surface area (Å²) < 4.78 is 8.03. The molecule has 0 amide bonds. The van der Waals surface area contributed by atoms with Gasteiger partial charge in [-0.15, -0.1) is 22.0 Å². The first-order valence-electron chi connectivity index (χ1n) is 10.1. The third-order valence-corrected chi connectivity index (χ3v) is 6.53. The molecule has 31 heavy (non-hydrogen) atoms. The first-order chi connectivity index (χ1) is 15.3. The molecule has 7 heteroatoms. The van der Waals surface area contributed by atoms with Gasteiger partial charge < -0.3 is 9.30 Å². The summed E-state index contributed by atoms with van der Waals surface area (Å²) in [5.41, 5.74) is 3.40. The van der Waals surface area contributed by atoms with Crippen LogP contribution in [0, 0.1) is 0 Å². The van der Waals surface area contributed by atoms with Crippen molar-refractivity contribution in [2.45, 2.75) is 36.0 Å². The van der Waals surface area contributed by atoms with Crippen LogP contribution < -0.4 is 4.74 Å². The first kappa shape index (κ1) is 21.5. The molecular formula is C24H24N4OS2. The fourth-order valence-electron chi connectivity index (χ4n) is 3.17. The van der Waals surface area contributed by atoms with E-state index < -0.39 is 0 Å². The Morgan fingerprint density at radius 2 is 1.71 bits per heavy atom. The number of hydrogen-bond donors (Lipinski definition) is 0. The van der Waals surface area contributed by atoms with Crippen LogP contribution in [0.1, 0.15) is 18.1 Å². The van der Waals surface area contributed by atoms with Gasteiger partial charge in [-0.2, -0.15) is 0 Å². The molecule has 0 saturated heterocycles. The molecule has 0 N–H and O–H groups in total. The van der Waals surface area contributed by atoms with E-state index >= 15 is 0 Å². The fourth-order valence-corrected chi connectivity index (χ4v) is 4.68. The van der Waals surface area contributed by atoms with E-state index in [0.717, 1.165) is 45.2 Å². The molecule has 158 valence electrons. The summed E-state index contributed by atoms with van der Waals surface area (Å²) in [5.74, 6) is 2.56. The summed E-state index contributed by atoms with van der Waals surface area (Å²) in [6.07, 6.45) is 3.84. The lowest BCUT2D eigenvalue weighted by Gasteiger charge is -2.10. The van der Waals surface area contributed by atoms with E-state index in [2.05, 4.69) is 57.0 Å². The van der Waals surface area contributed by atoms with Crippen molar-refractivity contribution in [2.24, 2.45) is 0 Å². The molecule has 2 aromatic carbocycles. The maximum Gasteiger partial charge on any atom is 0.191 e. The summed E-state index contributed by atoms with van der Waals surface area (Å²) in [4.78, 5) is 4.46. The Morgan fingerprint density at radius 3 is 2.45 bits per heavy atom. The molecule has 2 heterocycles. The molecule has 0 bridgehead atoms. The highest BCUT2D eigenvalue weighted by atomic mass is 32.2. The minimum Gasteiger partial charge on any atom is -0.489 e. The van der Waals surface area contributed by atoms with Gasteiger partial charge in [0.1, 0.15) is 17.4 Å². The zero-order valence-corrected chi connectivity index (χ0v) is 19.2. The number of aromatic nitrogens is 4. The monoisotopic (exact) mass is 448 g/mol. The average molecular weight is 449 g/mol. The van der Waals surface area contributed by atoms with E-state index in [4.69, 9.17) is 4.74 Å². The molecule has 2 aromatic heterocycles. The Hall–Kier alpha value is -2.77. The molecule has 4 rings (SSSR count). The summed E-state index contributed by atoms with van der Waals surface area (Å²) in [6.45, 7) is 3.49. The van der Waals surface area contributed by atoms with Crippen molar-refractivity contribution >= 4 is 23.5 Å². The van der Waals surface area contributed by atoms with Gasteiger partial charge in [0.2, 0.25) is 0 Å². The molecule has 0 radical (unpaired) electrons. The normalized spacial score (nSPS) is 10.9. The number of rotatable bonds is 9. The maximum atomic E-state index is 5.88. The SMILES string of the molecule is CCn1c(SCc2ccc(OCc3ccccc3)cc2)nnc1-c1cccnc1SC. The Labute approximate surface area is 191 Å². The van der Waals surface area contributed by atoms with Crippen molar-refractivity contribution < 1.29 is 4.74 Å². The van der Waals surface area contributed by atoms with Gasteiger partial charge in [-0.1, -0.05) is 54.2 Å². The second-order valence-electron chi connectivity index (χ2n) is 6.82. The van der Waals surface area contributed by atoms with Crippen molar-refractivity contribution in [3.8, 4) is 17.1 Å². The zero-order chi connectivity index (χ0) is 21.5. The van der Waals surface area contributed by atoms with Crippen molar-refractivity contribution in [3.63, 3.8) is 0 Å². The molecule has 0 aliphatic rings. The van der Waals surface area contributed by atoms with Crippen LogP contribution >= 0.6 is 23.5 Å². The van der Waals surface area contributed by atoms with Crippen LogP contribution in [0.5, 0.6) is 5.75 Å². The topological polar surface area (TPSA) is 52.8 Å². The fraction of sp³-hybridized carbons (Fsp3) is 0.208. The third-order valence-electron chi connectivity index (χ3n) is 4.78. The molecule has 5 nitrogen and oxygen atoms in total. The van der Waals surface area contributed by atoms with Crippen LogP contribution in [-0.4, -0.2) is 26.0 Å². The summed E-state index contributed by atoms with van der Waals surface area (Å²) in [5, 5.41) is 10.8. The highest BCUT2D eigenvalue weighted by Gasteiger charge is 2.16. The average Bonchev–Trinajstić information content (AvgIpc) is 3.25. The van der Waals surface area contributed by atoms with Gasteiger partial charge >= 0.3 is 0 Å². The summed E-state index contributed by atoms with van der Waals surface area (Å²) in [6, 6.07) is 22.4. The van der Waals surface area contributed by atoms with E-state index in [1.165, 1.54) is 5.56 Å². The lowest BCUT2D eigenvalue weighted by atomic mass is 10.2. The third kappa shape index (κ3) is 5.29. The predicted molar refractivity (Wildman–Crippen MR) is 127 cm³/mol. The number of ether oxygens (including phenoxy) is 1. The van der Waals surface area contributed by atoms with Crippen molar-refractivity contribution in [3.05, 3.63) is 84.1 Å². The van der Waals surface area contributed by atoms with Gasteiger partial charge in [0.05, 0.1) is 5.56 Å². The van der Waals surface area contributed by atoms with E-state index in [1.807, 2.05) is 48.9 Å². The number of nitrogens with zero attached hydrogens (tertiary/aromatic N) is 4. The Kier molecular flexibility index (Phi) is 7.27. The van der Waals surface area contributed by atoms with Gasteiger partial charge in [-0.3, -0.25) is 0 Å². The number of hydrogen-bond acceptors (Lipinski definition) is 6. The van der Waals surface area contributed by atoms with Crippen molar-refractivity contribution in [1.29, 1.82) is 0 Å². The van der Waals surface area contributed by atoms with E-state index in [9.17, 15) is 0 Å². The van der Waals surface area contributed by atoms with Crippen molar-refractivity contribution in [1.82, 2.24) is 19.7 Å². The number of pyridine rings is 1. The highest BCUT2D eigenvalue weighted by Crippen LogP contribution is 2.30. The lowest BCUT2D eigenvalue weighted by molar-refractivity contribution is 0.306. The smallest absolute Gasteiger partial charge is 0.191 e. The van der Waals surface area contributed by atoms with Crippen LogP contribution in [-0.2, 0) is 18.9 Å². The Balaban J connectivity index is 1.41. The van der Waals surface area contributed by atoms with Gasteiger partial charge in [0.25, 0.3) is 0 Å². The minimum absolute atomic E-state index is 0.573. The Bertz CT molecular complexity index is 1110. The zero-order valence-electron chi connectivity index (χ0n) is 17.6. The maximum absolute atomic E-state index is 5.88. The molecule has 0 unspecified atom stereocenters. The largest absolute Gasteiger partial charge is 0.489 e. The molecule has 4 aromatic rings. The van der Waals surface area contributed by atoms with Crippen LogP contribution in [0.15, 0.2) is 83.1 Å². The van der Waals surface area contributed by atoms with Gasteiger partial charge in [-0.25, -0.2) is 4.98 Å². The molecule has 0 fully saturated rings. The second-order valence-corrected chi connectivity index (χ2v) is 8.56. The standard InChI is InChI=1S/C24H24N4OS2/c1-3-28-22(21-10-7-15-25-23(21)30-2)26-27-24(28)31-17-19-11-13-20(14-12-19)29-16-18-8-5-4-6-9-18/h4-15H,3,16-17H2,1-2H3. The first-order valence-corrected chi connectivity index (χ1v) is 12.3. The van der Waals surface area contributed by atoms with Gasteiger partial charge in [-0.05, 0) is 48.6 Å². The molecule has 0 spiro atoms. The van der Waals surface area contributed by atoms with Gasteiger partial charge in [0.15, 0.2) is 11.0 Å². The van der Waals surface area contributed by atoms with E-state index in [0.29, 0.717) is 6.61 Å². The van der Waals surface area contributed by atoms with Crippen LogP contribution in [0.4, 0.5) is 0 Å². The van der Waals surface area contributed by atoms with Gasteiger partial charge in [0, 0.05) is 18.5 Å². The van der Waals surface area contributed by atoms with E-state index in [1.54, 1.807) is 23.5 Å². The van der Waals surface area contributed by atoms with Crippen LogP contribution in [0.3, 0.4) is 0 Å². The van der Waals surface area contributed by atoms with E-state index in [-0.39, 0.29) is 0 Å². The second kappa shape index (κ2) is 10.5. The highest BCUT2D eigenvalue weighted by molar-refractivity contribution is 7.98. The molecule has 0 saturated carbocycles. The molecule has 0 atom stereocenters. The lowest BCUT2D eigenvalue weighted by Crippen LogP contribution is -2.01. The number of thioether (sulfide) groups is 2. The quantitative estimate of drug-likeness (QED) is 0.295. The minimum atomic E-state index is 0.573. The van der Waals surface area contributed by atoms with Crippen LogP contribution in [0.2, 0.25) is 0 Å². The molecule has 0 aliphatic heterocycles. The Morgan fingerprint density at radius 1 is 0.903 bits per heavy atom. The van der Waals surface area contributed by atoms with Crippen molar-refractivity contribution in [2.75, 3.05) is 6.26 Å². The van der Waals surface area contributed by atoms with Crippen LogP contribution in [0.25, 0.3) is 11.4 Å². The molecular weight excluding hydrogens is 424 g/mol. The molecule has 0 aliphatic carbocycles. The predicted octanol–water partition coefficient (Wildman–Crippen LogP) is 5.95. The summed E-state index contributed by atoms with van der Waals surface area (Å²) in [7, 11) is 0.